The second-order valence-corrected chi connectivity index (χ2v) is 8.35. The van der Waals surface area contributed by atoms with Gasteiger partial charge in [-0.1, -0.05) is 41.9 Å². The first kappa shape index (κ1) is 21.0. The Kier molecular flexibility index (Phi) is 6.18. The smallest absolute Gasteiger partial charge is 0.242 e. The van der Waals surface area contributed by atoms with Crippen LogP contribution in [-0.2, 0) is 11.4 Å². The van der Waals surface area contributed by atoms with Crippen molar-refractivity contribution in [2.24, 2.45) is 0 Å². The Balaban J connectivity index is 1.57. The van der Waals surface area contributed by atoms with E-state index in [2.05, 4.69) is 11.6 Å². The molecule has 0 spiro atoms. The SMILES string of the molecule is C=CCOc1ccc(Cl)c(Cl)c1[C@H]1C[C@H]2CN(c3ccc(CO)cn3)CC(=O)N2C1. The Hall–Kier alpha value is -2.28. The summed E-state index contributed by atoms with van der Waals surface area (Å²) in [6.07, 6.45) is 4.08. The van der Waals surface area contributed by atoms with Crippen molar-refractivity contribution < 1.29 is 14.6 Å². The lowest BCUT2D eigenvalue weighted by Gasteiger charge is -2.37. The first-order valence-electron chi connectivity index (χ1n) is 9.83. The largest absolute Gasteiger partial charge is 0.489 e. The normalized spacial score (nSPS) is 21.0. The van der Waals surface area contributed by atoms with Crippen molar-refractivity contribution in [2.45, 2.75) is 25.0 Å². The van der Waals surface area contributed by atoms with Gasteiger partial charge in [0, 0.05) is 36.8 Å². The van der Waals surface area contributed by atoms with Gasteiger partial charge in [-0.2, -0.15) is 0 Å². The van der Waals surface area contributed by atoms with E-state index in [1.54, 1.807) is 18.3 Å². The van der Waals surface area contributed by atoms with Crippen molar-refractivity contribution in [1.82, 2.24) is 9.88 Å². The molecule has 2 aromatic rings. The lowest BCUT2D eigenvalue weighted by atomic mass is 9.95. The highest BCUT2D eigenvalue weighted by molar-refractivity contribution is 6.42. The number of benzene rings is 1. The zero-order valence-electron chi connectivity index (χ0n) is 16.4. The quantitative estimate of drug-likeness (QED) is 0.684. The van der Waals surface area contributed by atoms with Crippen molar-refractivity contribution in [3.63, 3.8) is 0 Å². The molecule has 3 heterocycles. The topological polar surface area (TPSA) is 65.9 Å². The van der Waals surface area contributed by atoms with Gasteiger partial charge < -0.3 is 19.6 Å². The second kappa shape index (κ2) is 8.84. The predicted molar refractivity (Wildman–Crippen MR) is 117 cm³/mol. The van der Waals surface area contributed by atoms with Crippen LogP contribution in [0.1, 0.15) is 23.5 Å². The summed E-state index contributed by atoms with van der Waals surface area (Å²) in [5, 5.41) is 10.2. The number of hydrogen-bond donors (Lipinski definition) is 1. The first-order valence-corrected chi connectivity index (χ1v) is 10.6. The van der Waals surface area contributed by atoms with Gasteiger partial charge >= 0.3 is 0 Å². The number of anilines is 1. The number of ether oxygens (including phenoxy) is 1. The summed E-state index contributed by atoms with van der Waals surface area (Å²) < 4.78 is 5.82. The number of amides is 1. The maximum Gasteiger partial charge on any atom is 0.242 e. The number of pyridine rings is 1. The Morgan fingerprint density at radius 1 is 1.27 bits per heavy atom. The molecule has 1 N–H and O–H groups in total. The molecule has 2 aliphatic rings. The summed E-state index contributed by atoms with van der Waals surface area (Å²) >= 11 is 12.8. The minimum Gasteiger partial charge on any atom is -0.489 e. The van der Waals surface area contributed by atoms with Gasteiger partial charge in [-0.25, -0.2) is 4.98 Å². The highest BCUT2D eigenvalue weighted by Gasteiger charge is 2.42. The minimum absolute atomic E-state index is 0.0367. The van der Waals surface area contributed by atoms with E-state index in [-0.39, 0.29) is 31.0 Å². The molecule has 1 amide bonds. The summed E-state index contributed by atoms with van der Waals surface area (Å²) in [7, 11) is 0. The average molecular weight is 448 g/mol. The van der Waals surface area contributed by atoms with E-state index in [4.69, 9.17) is 27.9 Å². The van der Waals surface area contributed by atoms with E-state index in [0.717, 1.165) is 23.4 Å². The van der Waals surface area contributed by atoms with Crippen molar-refractivity contribution in [3.05, 3.63) is 64.3 Å². The van der Waals surface area contributed by atoms with E-state index < -0.39 is 0 Å². The van der Waals surface area contributed by atoms with Crippen LogP contribution in [0.4, 0.5) is 5.82 Å². The van der Waals surface area contributed by atoms with Crippen molar-refractivity contribution in [2.75, 3.05) is 31.1 Å². The molecule has 2 saturated heterocycles. The van der Waals surface area contributed by atoms with Gasteiger partial charge in [-0.05, 0) is 30.2 Å². The number of aliphatic hydroxyl groups is 1. The number of carbonyl (C=O) groups excluding carboxylic acids is 1. The number of aromatic nitrogens is 1. The molecule has 0 unspecified atom stereocenters. The van der Waals surface area contributed by atoms with Crippen LogP contribution in [0.15, 0.2) is 43.1 Å². The Morgan fingerprint density at radius 3 is 2.80 bits per heavy atom. The molecule has 2 fully saturated rings. The van der Waals surface area contributed by atoms with Crippen molar-refractivity contribution in [3.8, 4) is 5.75 Å². The van der Waals surface area contributed by atoms with Gasteiger partial charge in [0.2, 0.25) is 5.91 Å². The molecule has 30 heavy (non-hydrogen) atoms. The highest BCUT2D eigenvalue weighted by atomic mass is 35.5. The maximum absolute atomic E-state index is 12.9. The number of aliphatic hydroxyl groups excluding tert-OH is 1. The van der Waals surface area contributed by atoms with Gasteiger partial charge in [0.1, 0.15) is 18.2 Å². The molecule has 0 radical (unpaired) electrons. The fourth-order valence-corrected chi connectivity index (χ4v) is 4.73. The zero-order chi connectivity index (χ0) is 21.3. The van der Waals surface area contributed by atoms with E-state index in [1.807, 2.05) is 28.0 Å². The van der Waals surface area contributed by atoms with E-state index in [0.29, 0.717) is 35.5 Å². The van der Waals surface area contributed by atoms with Crippen LogP contribution in [-0.4, -0.2) is 53.2 Å². The molecule has 4 rings (SSSR count). The summed E-state index contributed by atoms with van der Waals surface area (Å²) in [5.41, 5.74) is 1.59. The van der Waals surface area contributed by atoms with E-state index >= 15 is 0 Å². The van der Waals surface area contributed by atoms with Crippen LogP contribution >= 0.6 is 23.2 Å². The van der Waals surface area contributed by atoms with Crippen molar-refractivity contribution >= 4 is 34.9 Å². The summed E-state index contributed by atoms with van der Waals surface area (Å²) in [4.78, 5) is 21.2. The third kappa shape index (κ3) is 4.00. The fourth-order valence-electron chi connectivity index (χ4n) is 4.25. The van der Waals surface area contributed by atoms with Gasteiger partial charge in [0.25, 0.3) is 0 Å². The second-order valence-electron chi connectivity index (χ2n) is 7.57. The monoisotopic (exact) mass is 447 g/mol. The Bertz CT molecular complexity index is 951. The average Bonchev–Trinajstić information content (AvgIpc) is 3.19. The van der Waals surface area contributed by atoms with Crippen LogP contribution in [0.3, 0.4) is 0 Å². The van der Waals surface area contributed by atoms with Crippen LogP contribution in [0, 0.1) is 0 Å². The molecule has 0 bridgehead atoms. The molecule has 1 aromatic heterocycles. The van der Waals surface area contributed by atoms with Crippen LogP contribution in [0.5, 0.6) is 5.75 Å². The predicted octanol–water partition coefficient (Wildman–Crippen LogP) is 3.65. The van der Waals surface area contributed by atoms with Crippen LogP contribution in [0.2, 0.25) is 10.0 Å². The summed E-state index contributed by atoms with van der Waals surface area (Å²) in [6.45, 7) is 5.56. The number of carbonyl (C=O) groups is 1. The number of hydrogen-bond acceptors (Lipinski definition) is 5. The van der Waals surface area contributed by atoms with E-state index in [9.17, 15) is 9.90 Å². The minimum atomic E-state index is -0.0546. The van der Waals surface area contributed by atoms with Gasteiger partial charge in [-0.15, -0.1) is 0 Å². The first-order chi connectivity index (χ1) is 14.5. The molecular weight excluding hydrogens is 425 g/mol. The fraction of sp³-hybridized carbons (Fsp3) is 0.364. The number of rotatable bonds is 6. The van der Waals surface area contributed by atoms with Gasteiger partial charge in [0.15, 0.2) is 0 Å². The Morgan fingerprint density at radius 2 is 2.10 bits per heavy atom. The molecule has 158 valence electrons. The number of halogens is 2. The molecule has 0 aliphatic carbocycles. The van der Waals surface area contributed by atoms with Crippen LogP contribution < -0.4 is 9.64 Å². The number of piperazine rings is 1. The standard InChI is InChI=1S/C22H23Cl2N3O3/c1-2-7-30-18-5-4-17(23)22(24)21(18)15-8-16-11-26(12-20(29)27(16)10-15)19-6-3-14(13-28)9-25-19/h2-6,9,15-16,28H,1,7-8,10-13H2/t15-,16-/m0/s1. The van der Waals surface area contributed by atoms with E-state index in [1.165, 1.54) is 0 Å². The van der Waals surface area contributed by atoms with Crippen molar-refractivity contribution in [1.29, 1.82) is 0 Å². The third-order valence-electron chi connectivity index (χ3n) is 5.67. The summed E-state index contributed by atoms with van der Waals surface area (Å²) in [5.74, 6) is 1.52. The third-order valence-corrected chi connectivity index (χ3v) is 6.48. The lowest BCUT2D eigenvalue weighted by Crippen LogP contribution is -2.54. The molecule has 1 aromatic carbocycles. The Labute approximate surface area is 185 Å². The van der Waals surface area contributed by atoms with Gasteiger partial charge in [-0.3, -0.25) is 4.79 Å². The molecule has 0 saturated carbocycles. The highest BCUT2D eigenvalue weighted by Crippen LogP contribution is 2.44. The molecule has 2 atom stereocenters. The zero-order valence-corrected chi connectivity index (χ0v) is 17.9. The molecule has 2 aliphatic heterocycles. The number of nitrogens with zero attached hydrogens (tertiary/aromatic N) is 3. The van der Waals surface area contributed by atoms with Crippen LogP contribution in [0.25, 0.3) is 0 Å². The molecular formula is C22H23Cl2N3O3. The molecule has 8 heteroatoms. The number of fused-ring (bicyclic) bond motifs is 1. The lowest BCUT2D eigenvalue weighted by molar-refractivity contribution is -0.132. The molecule has 6 nitrogen and oxygen atoms in total. The van der Waals surface area contributed by atoms with Gasteiger partial charge in [0.05, 0.1) is 23.2 Å². The maximum atomic E-state index is 12.9. The summed E-state index contributed by atoms with van der Waals surface area (Å²) in [6, 6.07) is 7.27.